The van der Waals surface area contributed by atoms with Crippen molar-refractivity contribution >= 4 is 0 Å². The SMILES string of the molecule is CCC(C)(C)CN1CC2CCC1C2. The molecule has 2 fully saturated rings. The normalized spacial score (nSPS) is 34.4. The molecular formula is C12H23N. The minimum Gasteiger partial charge on any atom is -0.300 e. The Morgan fingerprint density at radius 1 is 1.31 bits per heavy atom. The van der Waals surface area contributed by atoms with E-state index in [-0.39, 0.29) is 0 Å². The number of nitrogens with zero attached hydrogens (tertiary/aromatic N) is 1. The van der Waals surface area contributed by atoms with E-state index in [0.29, 0.717) is 5.41 Å². The molecule has 1 saturated carbocycles. The van der Waals surface area contributed by atoms with Crippen LogP contribution in [0.5, 0.6) is 0 Å². The van der Waals surface area contributed by atoms with Gasteiger partial charge in [0.1, 0.15) is 0 Å². The highest BCUT2D eigenvalue weighted by Gasteiger charge is 2.39. The van der Waals surface area contributed by atoms with Gasteiger partial charge in [-0.25, -0.2) is 0 Å². The van der Waals surface area contributed by atoms with Crippen molar-refractivity contribution in [2.75, 3.05) is 13.1 Å². The molecule has 1 nitrogen and oxygen atoms in total. The van der Waals surface area contributed by atoms with Crippen molar-refractivity contribution in [3.63, 3.8) is 0 Å². The van der Waals surface area contributed by atoms with Crippen LogP contribution in [0, 0.1) is 11.3 Å². The summed E-state index contributed by atoms with van der Waals surface area (Å²) in [6, 6.07) is 0.954. The monoisotopic (exact) mass is 181 g/mol. The van der Waals surface area contributed by atoms with E-state index in [0.717, 1.165) is 12.0 Å². The summed E-state index contributed by atoms with van der Waals surface area (Å²) in [6.45, 7) is 9.84. The van der Waals surface area contributed by atoms with Gasteiger partial charge in [0.15, 0.2) is 0 Å². The largest absolute Gasteiger partial charge is 0.300 e. The Balaban J connectivity index is 1.89. The molecule has 2 unspecified atom stereocenters. The predicted molar refractivity (Wildman–Crippen MR) is 56.8 cm³/mol. The van der Waals surface area contributed by atoms with Crippen LogP contribution in [-0.4, -0.2) is 24.0 Å². The number of fused-ring (bicyclic) bond motifs is 2. The molecule has 1 aliphatic carbocycles. The van der Waals surface area contributed by atoms with E-state index in [1.807, 2.05) is 0 Å². The highest BCUT2D eigenvalue weighted by atomic mass is 15.2. The predicted octanol–water partition coefficient (Wildman–Crippen LogP) is 2.91. The lowest BCUT2D eigenvalue weighted by atomic mass is 9.89. The zero-order valence-electron chi connectivity index (χ0n) is 9.34. The molecule has 0 N–H and O–H groups in total. The van der Waals surface area contributed by atoms with Crippen molar-refractivity contribution in [3.05, 3.63) is 0 Å². The molecular weight excluding hydrogens is 158 g/mol. The third-order valence-electron chi connectivity index (χ3n) is 4.11. The summed E-state index contributed by atoms with van der Waals surface area (Å²) < 4.78 is 0. The minimum atomic E-state index is 0.532. The van der Waals surface area contributed by atoms with Gasteiger partial charge in [0, 0.05) is 19.1 Å². The summed E-state index contributed by atoms with van der Waals surface area (Å²) in [5.74, 6) is 1.05. The third kappa shape index (κ3) is 1.90. The van der Waals surface area contributed by atoms with E-state index in [2.05, 4.69) is 25.7 Å². The summed E-state index contributed by atoms with van der Waals surface area (Å²) in [5, 5.41) is 0. The quantitative estimate of drug-likeness (QED) is 0.647. The Bertz CT molecular complexity index is 186. The molecule has 0 radical (unpaired) electrons. The van der Waals surface area contributed by atoms with Crippen LogP contribution in [0.4, 0.5) is 0 Å². The van der Waals surface area contributed by atoms with Crippen LogP contribution < -0.4 is 0 Å². The molecule has 0 aromatic carbocycles. The molecule has 2 aliphatic rings. The van der Waals surface area contributed by atoms with E-state index in [9.17, 15) is 0 Å². The van der Waals surface area contributed by atoms with Crippen LogP contribution >= 0.6 is 0 Å². The van der Waals surface area contributed by atoms with Gasteiger partial charge in [-0.2, -0.15) is 0 Å². The molecule has 0 aromatic heterocycles. The highest BCUT2D eigenvalue weighted by molar-refractivity contribution is 4.93. The van der Waals surface area contributed by atoms with Crippen molar-refractivity contribution in [1.82, 2.24) is 4.90 Å². The van der Waals surface area contributed by atoms with Crippen LogP contribution in [0.15, 0.2) is 0 Å². The van der Waals surface area contributed by atoms with Gasteiger partial charge in [0.2, 0.25) is 0 Å². The van der Waals surface area contributed by atoms with Gasteiger partial charge in [-0.3, -0.25) is 4.90 Å². The molecule has 0 spiro atoms. The zero-order chi connectivity index (χ0) is 9.47. The molecule has 1 saturated heterocycles. The second kappa shape index (κ2) is 3.27. The summed E-state index contributed by atoms with van der Waals surface area (Å²) in [7, 11) is 0. The molecule has 76 valence electrons. The molecule has 2 rings (SSSR count). The van der Waals surface area contributed by atoms with Gasteiger partial charge in [0.25, 0.3) is 0 Å². The maximum absolute atomic E-state index is 2.75. The fraction of sp³-hybridized carbons (Fsp3) is 1.00. The lowest BCUT2D eigenvalue weighted by molar-refractivity contribution is 0.138. The van der Waals surface area contributed by atoms with Crippen molar-refractivity contribution in [3.8, 4) is 0 Å². The number of piperidine rings is 1. The van der Waals surface area contributed by atoms with Crippen LogP contribution in [0.2, 0.25) is 0 Å². The smallest absolute Gasteiger partial charge is 0.00988 e. The molecule has 2 atom stereocenters. The Morgan fingerprint density at radius 3 is 2.54 bits per heavy atom. The second-order valence-corrected chi connectivity index (χ2v) is 5.78. The van der Waals surface area contributed by atoms with Gasteiger partial charge in [-0.15, -0.1) is 0 Å². The van der Waals surface area contributed by atoms with Gasteiger partial charge in [-0.05, 0) is 37.0 Å². The summed E-state index contributed by atoms with van der Waals surface area (Å²) in [5.41, 5.74) is 0.532. The van der Waals surface area contributed by atoms with Gasteiger partial charge in [-0.1, -0.05) is 20.8 Å². The topological polar surface area (TPSA) is 3.24 Å². The van der Waals surface area contributed by atoms with Crippen LogP contribution in [0.1, 0.15) is 46.5 Å². The van der Waals surface area contributed by atoms with Crippen molar-refractivity contribution < 1.29 is 0 Å². The van der Waals surface area contributed by atoms with E-state index < -0.39 is 0 Å². The average Bonchev–Trinajstić information content (AvgIpc) is 2.64. The first kappa shape index (κ1) is 9.51. The Kier molecular flexibility index (Phi) is 2.39. The molecule has 2 bridgehead atoms. The second-order valence-electron chi connectivity index (χ2n) is 5.78. The molecule has 1 heterocycles. The van der Waals surface area contributed by atoms with Crippen LogP contribution in [0.3, 0.4) is 0 Å². The van der Waals surface area contributed by atoms with Crippen molar-refractivity contribution in [1.29, 1.82) is 0 Å². The number of likely N-dealkylation sites (tertiary alicyclic amines) is 1. The van der Waals surface area contributed by atoms with Crippen LogP contribution in [0.25, 0.3) is 0 Å². The standard InChI is InChI=1S/C12H23N/c1-4-12(2,3)9-13-8-10-5-6-11(13)7-10/h10-11H,4-9H2,1-3H3. The third-order valence-corrected chi connectivity index (χ3v) is 4.11. The maximum Gasteiger partial charge on any atom is 0.00988 e. The fourth-order valence-corrected chi connectivity index (χ4v) is 2.88. The van der Waals surface area contributed by atoms with Gasteiger partial charge in [0.05, 0.1) is 0 Å². The number of rotatable bonds is 3. The summed E-state index contributed by atoms with van der Waals surface area (Å²) >= 11 is 0. The van der Waals surface area contributed by atoms with E-state index >= 15 is 0 Å². The number of hydrogen-bond acceptors (Lipinski definition) is 1. The Hall–Kier alpha value is -0.0400. The first-order valence-electron chi connectivity index (χ1n) is 5.85. The molecule has 13 heavy (non-hydrogen) atoms. The zero-order valence-corrected chi connectivity index (χ0v) is 9.34. The van der Waals surface area contributed by atoms with Crippen LogP contribution in [-0.2, 0) is 0 Å². The Labute approximate surface area is 82.5 Å². The molecule has 1 heteroatoms. The summed E-state index contributed by atoms with van der Waals surface area (Å²) in [6.07, 6.45) is 5.79. The van der Waals surface area contributed by atoms with Crippen molar-refractivity contribution in [2.24, 2.45) is 11.3 Å². The highest BCUT2D eigenvalue weighted by Crippen LogP contribution is 2.39. The summed E-state index contributed by atoms with van der Waals surface area (Å²) in [4.78, 5) is 2.75. The van der Waals surface area contributed by atoms with E-state index in [4.69, 9.17) is 0 Å². The fourth-order valence-electron chi connectivity index (χ4n) is 2.88. The van der Waals surface area contributed by atoms with E-state index in [1.165, 1.54) is 38.8 Å². The Morgan fingerprint density at radius 2 is 2.08 bits per heavy atom. The minimum absolute atomic E-state index is 0.532. The maximum atomic E-state index is 2.75. The first-order chi connectivity index (χ1) is 6.11. The molecule has 0 aromatic rings. The van der Waals surface area contributed by atoms with E-state index in [1.54, 1.807) is 0 Å². The van der Waals surface area contributed by atoms with Gasteiger partial charge < -0.3 is 0 Å². The number of hydrogen-bond donors (Lipinski definition) is 0. The lowest BCUT2D eigenvalue weighted by Crippen LogP contribution is -2.39. The van der Waals surface area contributed by atoms with Crippen molar-refractivity contribution in [2.45, 2.75) is 52.5 Å². The first-order valence-corrected chi connectivity index (χ1v) is 5.85. The average molecular weight is 181 g/mol. The molecule has 0 amide bonds. The molecule has 1 aliphatic heterocycles. The lowest BCUT2D eigenvalue weighted by Gasteiger charge is -2.34. The van der Waals surface area contributed by atoms with Gasteiger partial charge >= 0.3 is 0 Å².